The van der Waals surface area contributed by atoms with Crippen LogP contribution in [0.1, 0.15) is 114 Å². The maximum absolute atomic E-state index is 11.8. The molecule has 2 unspecified atom stereocenters. The Hall–Kier alpha value is -5.00. The molecule has 2 aliphatic rings. The highest BCUT2D eigenvalue weighted by Gasteiger charge is 2.26. The summed E-state index contributed by atoms with van der Waals surface area (Å²) < 4.78 is 14.1. The van der Waals surface area contributed by atoms with Crippen molar-refractivity contribution in [3.63, 3.8) is 0 Å². The van der Waals surface area contributed by atoms with Crippen molar-refractivity contribution in [2.75, 3.05) is 46.7 Å². The van der Waals surface area contributed by atoms with Gasteiger partial charge < -0.3 is 41.4 Å². The molecule has 0 radical (unpaired) electrons. The molecule has 0 saturated heterocycles. The number of carbonyl (C=O) groups is 2. The fraction of sp³-hybridized carbons (Fsp3) is 0.439. The molecule has 0 bridgehead atoms. The zero-order valence-electron chi connectivity index (χ0n) is 42.6. The van der Waals surface area contributed by atoms with Gasteiger partial charge in [-0.2, -0.15) is 5.26 Å². The third-order valence-corrected chi connectivity index (χ3v) is 13.8. The Bertz CT molecular complexity index is 2220. The van der Waals surface area contributed by atoms with Crippen molar-refractivity contribution in [2.24, 2.45) is 11.1 Å². The maximum atomic E-state index is 11.8. The monoisotopic (exact) mass is 1010 g/mol. The van der Waals surface area contributed by atoms with Crippen molar-refractivity contribution >= 4 is 49.4 Å². The number of rotatable bonds is 20. The summed E-state index contributed by atoms with van der Waals surface area (Å²) in [6.07, 6.45) is 20.7. The van der Waals surface area contributed by atoms with Crippen molar-refractivity contribution in [3.05, 3.63) is 155 Å². The van der Waals surface area contributed by atoms with E-state index < -0.39 is 17.1 Å². The third-order valence-electron chi connectivity index (χ3n) is 11.3. The number of carboxylic acid groups (broad SMARTS) is 1. The van der Waals surface area contributed by atoms with Gasteiger partial charge in [-0.3, -0.25) is 4.79 Å². The van der Waals surface area contributed by atoms with E-state index >= 15 is 0 Å². The van der Waals surface area contributed by atoms with E-state index in [-0.39, 0.29) is 30.4 Å². The van der Waals surface area contributed by atoms with Gasteiger partial charge in [-0.15, -0.1) is 17.9 Å². The molecule has 382 valence electrons. The van der Waals surface area contributed by atoms with Crippen LogP contribution in [0.15, 0.2) is 144 Å². The number of aliphatic hydroxyl groups is 1. The van der Waals surface area contributed by atoms with Crippen LogP contribution in [0.5, 0.6) is 0 Å². The molecular formula is C57H79ClN4O6S2. The summed E-state index contributed by atoms with van der Waals surface area (Å²) >= 11 is 0.583. The number of aliphatic carboxylic acids is 1. The molecule has 0 fully saturated rings. The van der Waals surface area contributed by atoms with Crippen LogP contribution in [0.3, 0.4) is 0 Å². The molecule has 2 heterocycles. The number of carboxylic acids is 1. The van der Waals surface area contributed by atoms with E-state index in [0.29, 0.717) is 36.3 Å². The standard InChI is InChI=1S/C21H38N.C12H12N2O2.C11H9NO2S2.C10H14O.C3H6O.ClH/c1-4-5-6-7-8-9-10-11-12-16-19-22(2,3)20-21-17-14-13-15-18-21;1-14(9-11(7-13)12(15)16)8-10-5-3-2-4-6-10;13-16-6-5-14-12-11(16)10-7-8-3-1-2-4-9(8)15-10;1-7(2)9-5-4-8(3)10(11)6-9;1-2-3-4;/h13-15,17-18H,4-12,16,19-20H2,1-3H3;2-6,9H,8H2,1H3,(H,15,16);1-4,7H,5-6H2;4,9H,1,5-6H2,2-3H3;2,4H,1,3H2;1H/q+1;;;;;/p-1/b;11-9+;;;;. The summed E-state index contributed by atoms with van der Waals surface area (Å²) in [6, 6.07) is 32.3. The van der Waals surface area contributed by atoms with E-state index in [4.69, 9.17) is 20.3 Å². The summed E-state index contributed by atoms with van der Waals surface area (Å²) in [6.45, 7) is 16.8. The number of aliphatic hydroxyl groups excluding tert-OH is 1. The molecule has 0 spiro atoms. The highest BCUT2D eigenvalue weighted by molar-refractivity contribution is 8.07. The predicted octanol–water partition coefficient (Wildman–Crippen LogP) is 9.79. The summed E-state index contributed by atoms with van der Waals surface area (Å²) in [5, 5.41) is 30.7. The molecule has 1 aliphatic carbocycles. The van der Waals surface area contributed by atoms with Gasteiger partial charge in [0.1, 0.15) is 23.2 Å². The molecule has 0 amide bonds. The average molecular weight is 1020 g/mol. The van der Waals surface area contributed by atoms with Crippen molar-refractivity contribution in [3.8, 4) is 6.07 Å². The Morgan fingerprint density at radius 3 is 2.04 bits per heavy atom. The van der Waals surface area contributed by atoms with Gasteiger partial charge in [0, 0.05) is 47.7 Å². The van der Waals surface area contributed by atoms with Gasteiger partial charge >= 0.3 is 5.97 Å². The fourth-order valence-electron chi connectivity index (χ4n) is 7.33. The first-order valence-corrected chi connectivity index (χ1v) is 26.4. The first-order chi connectivity index (χ1) is 33.1. The quantitative estimate of drug-likeness (QED) is 0.0222. The number of hydrogen-bond donors (Lipinski definition) is 2. The number of quaternary nitrogens is 1. The number of carbonyl (C=O) groups excluding carboxylic acids is 1. The van der Waals surface area contributed by atoms with Gasteiger partial charge in [0.05, 0.1) is 27.2 Å². The fourth-order valence-corrected chi connectivity index (χ4v) is 9.51. The second-order valence-corrected chi connectivity index (χ2v) is 20.6. The first kappa shape index (κ1) is 63.0. The van der Waals surface area contributed by atoms with Crippen LogP contribution in [0.2, 0.25) is 0 Å². The molecule has 2 atom stereocenters. The largest absolute Gasteiger partial charge is 1.00 e. The lowest BCUT2D eigenvalue weighted by atomic mass is 9.85. The van der Waals surface area contributed by atoms with Gasteiger partial charge in [0.25, 0.3) is 5.04 Å². The van der Waals surface area contributed by atoms with E-state index in [1.807, 2.05) is 74.5 Å². The van der Waals surface area contributed by atoms with Crippen LogP contribution < -0.4 is 12.4 Å². The molecule has 0 saturated carbocycles. The molecule has 6 rings (SSSR count). The molecule has 70 heavy (non-hydrogen) atoms. The zero-order chi connectivity index (χ0) is 50.9. The summed E-state index contributed by atoms with van der Waals surface area (Å²) in [5.74, 6) is 0.00504. The number of unbranched alkanes of at least 4 members (excludes halogenated alkanes) is 9. The number of fused-ring (bicyclic) bond motifs is 1. The number of ketones is 1. The minimum absolute atomic E-state index is 0. The Kier molecular flexibility index (Phi) is 33.2. The van der Waals surface area contributed by atoms with Crippen LogP contribution in [0.4, 0.5) is 0 Å². The number of nitrogens with zero attached hydrogens (tertiary/aromatic N) is 4. The van der Waals surface area contributed by atoms with E-state index in [9.17, 15) is 14.1 Å². The van der Waals surface area contributed by atoms with Gasteiger partial charge in [0.15, 0.2) is 18.0 Å². The topological polar surface area (TPSA) is 146 Å². The van der Waals surface area contributed by atoms with Crippen LogP contribution in [-0.2, 0) is 38.7 Å². The SMILES string of the molecule is C=C(C)C1CC=C(C)C(=O)C1.C=CCO.CCCCCCCCCCCC[N+](C)(C)Cc1ccccc1.CN(/C=C(\C#N)C(=O)O)Cc1ccccc1.[Cl-].[O-][S+]1CCON=C1c1cc2ccccc2s1. The number of benzene rings is 3. The van der Waals surface area contributed by atoms with E-state index in [1.54, 1.807) is 29.4 Å². The highest BCUT2D eigenvalue weighted by Crippen LogP contribution is 2.28. The van der Waals surface area contributed by atoms with Crippen molar-refractivity contribution in [1.82, 2.24) is 4.90 Å². The number of halogens is 1. The van der Waals surface area contributed by atoms with E-state index in [2.05, 4.69) is 75.7 Å². The highest BCUT2D eigenvalue weighted by atomic mass is 35.5. The Labute approximate surface area is 433 Å². The Balaban J connectivity index is 0.000000462. The molecule has 3 aromatic carbocycles. The van der Waals surface area contributed by atoms with Gasteiger partial charge in [-0.25, -0.2) is 4.79 Å². The molecule has 4 aromatic rings. The second-order valence-electron chi connectivity index (χ2n) is 18.0. The third kappa shape index (κ3) is 26.8. The minimum Gasteiger partial charge on any atom is -1.00 e. The van der Waals surface area contributed by atoms with Gasteiger partial charge in [-0.1, -0.05) is 161 Å². The Morgan fingerprint density at radius 2 is 1.53 bits per heavy atom. The summed E-state index contributed by atoms with van der Waals surface area (Å²) in [4.78, 5) is 29.4. The summed E-state index contributed by atoms with van der Waals surface area (Å²) in [5.41, 5.74) is 4.30. The lowest BCUT2D eigenvalue weighted by molar-refractivity contribution is -0.903. The van der Waals surface area contributed by atoms with Gasteiger partial charge in [0.2, 0.25) is 0 Å². The maximum Gasteiger partial charge on any atom is 0.347 e. The molecule has 10 nitrogen and oxygen atoms in total. The van der Waals surface area contributed by atoms with Crippen molar-refractivity contribution in [1.29, 1.82) is 5.26 Å². The smallest absolute Gasteiger partial charge is 0.347 e. The van der Waals surface area contributed by atoms with Crippen LogP contribution >= 0.6 is 11.3 Å². The normalized spacial score (nSPS) is 15.1. The van der Waals surface area contributed by atoms with E-state index in [1.165, 1.54) is 93.3 Å². The summed E-state index contributed by atoms with van der Waals surface area (Å²) in [7, 11) is 6.45. The molecular weight excluding hydrogens is 936 g/mol. The van der Waals surface area contributed by atoms with Crippen LogP contribution in [-0.4, -0.2) is 87.6 Å². The molecule has 1 aromatic heterocycles. The predicted molar refractivity (Wildman–Crippen MR) is 289 cm³/mol. The second kappa shape index (κ2) is 36.9. The number of thiophene rings is 1. The number of Topliss-reactive ketones (excluding diaryl/α,β-unsaturated/α-hetero) is 1. The molecule has 2 N–H and O–H groups in total. The lowest BCUT2D eigenvalue weighted by Gasteiger charge is -2.30. The zero-order valence-corrected chi connectivity index (χ0v) is 45.0. The van der Waals surface area contributed by atoms with Crippen molar-refractivity contribution < 1.29 is 46.1 Å². The first-order valence-electron chi connectivity index (χ1n) is 24.2. The average Bonchev–Trinajstić information content (AvgIpc) is 3.78. The van der Waals surface area contributed by atoms with Crippen LogP contribution in [0.25, 0.3) is 10.1 Å². The Morgan fingerprint density at radius 1 is 0.971 bits per heavy atom. The van der Waals surface area contributed by atoms with Crippen LogP contribution in [0, 0.1) is 17.2 Å². The number of allylic oxidation sites excluding steroid dienone is 3. The number of nitriles is 1. The minimum atomic E-state index is -1.21. The van der Waals surface area contributed by atoms with E-state index in [0.717, 1.165) is 44.4 Å². The van der Waals surface area contributed by atoms with Crippen molar-refractivity contribution in [2.45, 2.75) is 111 Å². The molecule has 1 aliphatic heterocycles. The number of oxime groups is 1. The number of hydrogen-bond acceptors (Lipinski definition) is 9. The van der Waals surface area contributed by atoms with Gasteiger partial charge in [-0.05, 0) is 72.8 Å². The molecule has 13 heteroatoms. The lowest BCUT2D eigenvalue weighted by Crippen LogP contribution is -3.00.